The average molecular weight is 369 g/mol. The van der Waals surface area contributed by atoms with Gasteiger partial charge < -0.3 is 14.4 Å². The fraction of sp³-hybridized carbons (Fsp3) is 0.200. The Kier molecular flexibility index (Phi) is 5.71. The lowest BCUT2D eigenvalue weighted by molar-refractivity contribution is 0.0763. The van der Waals surface area contributed by atoms with Crippen molar-refractivity contribution in [2.75, 3.05) is 27.3 Å². The minimum Gasteiger partial charge on any atom is -0.493 e. The summed E-state index contributed by atoms with van der Waals surface area (Å²) in [5, 5.41) is 4.35. The summed E-state index contributed by atoms with van der Waals surface area (Å²) in [6.07, 6.45) is 1.66. The fourth-order valence-electron chi connectivity index (χ4n) is 2.51. The van der Waals surface area contributed by atoms with Gasteiger partial charge in [-0.25, -0.2) is 9.07 Å². The molecule has 2 aromatic carbocycles. The Morgan fingerprint density at radius 3 is 2.52 bits per heavy atom. The summed E-state index contributed by atoms with van der Waals surface area (Å²) in [6, 6.07) is 15.6. The third-order valence-electron chi connectivity index (χ3n) is 3.99. The molecule has 7 heteroatoms. The number of amides is 1. The normalized spacial score (nSPS) is 10.5. The predicted octanol–water partition coefficient (Wildman–Crippen LogP) is 3.17. The van der Waals surface area contributed by atoms with Gasteiger partial charge in [-0.15, -0.1) is 0 Å². The molecule has 0 saturated carbocycles. The minimum atomic E-state index is -0.435. The number of methoxy groups -OCH3 is 1. The summed E-state index contributed by atoms with van der Waals surface area (Å²) < 4.78 is 25.9. The van der Waals surface area contributed by atoms with E-state index in [2.05, 4.69) is 5.10 Å². The molecule has 1 aromatic heterocycles. The Hall–Kier alpha value is -3.35. The van der Waals surface area contributed by atoms with Crippen LogP contribution in [0.5, 0.6) is 11.5 Å². The number of aromatic nitrogens is 2. The summed E-state index contributed by atoms with van der Waals surface area (Å²) in [5.41, 5.74) is 1.02. The van der Waals surface area contributed by atoms with Gasteiger partial charge in [-0.3, -0.25) is 4.79 Å². The van der Waals surface area contributed by atoms with Crippen LogP contribution in [0.4, 0.5) is 4.39 Å². The van der Waals surface area contributed by atoms with E-state index in [4.69, 9.17) is 9.47 Å². The van der Waals surface area contributed by atoms with Crippen molar-refractivity contribution in [2.45, 2.75) is 0 Å². The highest BCUT2D eigenvalue weighted by Gasteiger charge is 2.21. The highest BCUT2D eigenvalue weighted by atomic mass is 19.1. The quantitative estimate of drug-likeness (QED) is 0.642. The van der Waals surface area contributed by atoms with E-state index in [0.717, 1.165) is 5.69 Å². The van der Waals surface area contributed by atoms with Gasteiger partial charge in [0.2, 0.25) is 0 Å². The second kappa shape index (κ2) is 8.35. The van der Waals surface area contributed by atoms with Crippen molar-refractivity contribution in [3.05, 3.63) is 72.3 Å². The molecule has 140 valence electrons. The lowest BCUT2D eigenvalue weighted by atomic mass is 10.3. The molecule has 0 fully saturated rings. The maximum absolute atomic E-state index is 13.6. The van der Waals surface area contributed by atoms with Gasteiger partial charge >= 0.3 is 0 Å². The molecular weight excluding hydrogens is 349 g/mol. The smallest absolute Gasteiger partial charge is 0.278 e. The van der Waals surface area contributed by atoms with Crippen LogP contribution in [0.2, 0.25) is 0 Å². The van der Waals surface area contributed by atoms with Gasteiger partial charge in [-0.1, -0.05) is 30.3 Å². The number of para-hydroxylation sites is 2. The van der Waals surface area contributed by atoms with Crippen molar-refractivity contribution >= 4 is 5.91 Å². The molecule has 6 nitrogen and oxygen atoms in total. The van der Waals surface area contributed by atoms with Gasteiger partial charge in [0.05, 0.1) is 25.5 Å². The first-order valence-corrected chi connectivity index (χ1v) is 8.42. The first-order chi connectivity index (χ1) is 13.1. The molecule has 1 amide bonds. The Labute approximate surface area is 156 Å². The number of carbonyl (C=O) groups excluding carboxylic acids is 1. The molecule has 0 atom stereocenters. The molecule has 0 unspecified atom stereocenters. The third kappa shape index (κ3) is 4.25. The van der Waals surface area contributed by atoms with Gasteiger partial charge in [0.15, 0.2) is 23.0 Å². The van der Waals surface area contributed by atoms with E-state index in [0.29, 0.717) is 5.75 Å². The molecule has 0 saturated heterocycles. The predicted molar refractivity (Wildman–Crippen MR) is 99.0 cm³/mol. The lowest BCUT2D eigenvalue weighted by Gasteiger charge is -2.17. The number of likely N-dealkylation sites (N-methyl/N-ethyl adjacent to an activating group) is 1. The maximum Gasteiger partial charge on any atom is 0.278 e. The topological polar surface area (TPSA) is 56.6 Å². The lowest BCUT2D eigenvalue weighted by Crippen LogP contribution is -2.31. The number of halogens is 1. The second-order valence-corrected chi connectivity index (χ2v) is 5.83. The van der Waals surface area contributed by atoms with E-state index < -0.39 is 5.82 Å². The standard InChI is InChI=1S/C20H20FN3O3/c1-23(12-13-27-17-11-7-6-10-16(17)21)20(25)19-18(26-2)14-24(22-19)15-8-4-3-5-9-15/h3-11,14H,12-13H2,1-2H3. The summed E-state index contributed by atoms with van der Waals surface area (Å²) in [6.45, 7) is 0.430. The molecule has 3 aromatic rings. The molecule has 0 N–H and O–H groups in total. The van der Waals surface area contributed by atoms with E-state index in [1.165, 1.54) is 18.1 Å². The number of benzene rings is 2. The monoisotopic (exact) mass is 369 g/mol. The zero-order valence-corrected chi connectivity index (χ0v) is 15.1. The highest BCUT2D eigenvalue weighted by molar-refractivity contribution is 5.94. The van der Waals surface area contributed by atoms with Crippen LogP contribution in [0, 0.1) is 5.82 Å². The van der Waals surface area contributed by atoms with Crippen LogP contribution in [0.3, 0.4) is 0 Å². The maximum atomic E-state index is 13.6. The molecule has 1 heterocycles. The molecule has 0 aliphatic heterocycles. The molecule has 0 bridgehead atoms. The molecule has 3 rings (SSSR count). The number of rotatable bonds is 7. The number of hydrogen-bond acceptors (Lipinski definition) is 4. The largest absolute Gasteiger partial charge is 0.493 e. The van der Waals surface area contributed by atoms with Crippen LogP contribution >= 0.6 is 0 Å². The SMILES string of the molecule is COc1cn(-c2ccccc2)nc1C(=O)N(C)CCOc1ccccc1F. The highest BCUT2D eigenvalue weighted by Crippen LogP contribution is 2.21. The van der Waals surface area contributed by atoms with E-state index in [9.17, 15) is 9.18 Å². The second-order valence-electron chi connectivity index (χ2n) is 5.83. The zero-order valence-electron chi connectivity index (χ0n) is 15.1. The molecule has 0 aliphatic rings. The van der Waals surface area contributed by atoms with Gasteiger partial charge in [0.25, 0.3) is 5.91 Å². The van der Waals surface area contributed by atoms with E-state index in [1.807, 2.05) is 30.3 Å². The van der Waals surface area contributed by atoms with Crippen molar-refractivity contribution < 1.29 is 18.7 Å². The summed E-state index contributed by atoms with van der Waals surface area (Å²) in [7, 11) is 3.12. The number of ether oxygens (including phenoxy) is 2. The van der Waals surface area contributed by atoms with Gasteiger partial charge in [-0.2, -0.15) is 5.10 Å². The molecule has 0 radical (unpaired) electrons. The molecule has 0 spiro atoms. The zero-order chi connectivity index (χ0) is 19.2. The summed E-state index contributed by atoms with van der Waals surface area (Å²) >= 11 is 0. The first kappa shape index (κ1) is 18.4. The van der Waals surface area contributed by atoms with Crippen LogP contribution in [-0.2, 0) is 0 Å². The summed E-state index contributed by atoms with van der Waals surface area (Å²) in [4.78, 5) is 14.2. The van der Waals surface area contributed by atoms with Gasteiger partial charge in [0.1, 0.15) is 6.61 Å². The van der Waals surface area contributed by atoms with E-state index in [1.54, 1.807) is 36.1 Å². The van der Waals surface area contributed by atoms with Crippen molar-refractivity contribution in [1.29, 1.82) is 0 Å². The average Bonchev–Trinajstić information content (AvgIpc) is 3.14. The Balaban J connectivity index is 1.67. The van der Waals surface area contributed by atoms with Gasteiger partial charge in [0, 0.05) is 7.05 Å². The number of carbonyl (C=O) groups is 1. The van der Waals surface area contributed by atoms with Crippen molar-refractivity contribution in [3.63, 3.8) is 0 Å². The van der Waals surface area contributed by atoms with Crippen molar-refractivity contribution in [1.82, 2.24) is 14.7 Å². The number of nitrogens with zero attached hydrogens (tertiary/aromatic N) is 3. The van der Waals surface area contributed by atoms with Crippen LogP contribution < -0.4 is 9.47 Å². The number of hydrogen-bond donors (Lipinski definition) is 0. The third-order valence-corrected chi connectivity index (χ3v) is 3.99. The van der Waals surface area contributed by atoms with Crippen molar-refractivity contribution in [3.8, 4) is 17.2 Å². The Bertz CT molecular complexity index is 912. The van der Waals surface area contributed by atoms with Crippen molar-refractivity contribution in [2.24, 2.45) is 0 Å². The molecule has 0 aliphatic carbocycles. The molecular formula is C20H20FN3O3. The van der Waals surface area contributed by atoms with E-state index >= 15 is 0 Å². The Morgan fingerprint density at radius 2 is 1.81 bits per heavy atom. The Morgan fingerprint density at radius 1 is 1.11 bits per heavy atom. The van der Waals surface area contributed by atoms with Crippen LogP contribution in [-0.4, -0.2) is 47.9 Å². The van der Waals surface area contributed by atoms with E-state index in [-0.39, 0.29) is 30.5 Å². The fourth-order valence-corrected chi connectivity index (χ4v) is 2.51. The summed E-state index contributed by atoms with van der Waals surface area (Å²) in [5.74, 6) is -0.205. The molecule has 27 heavy (non-hydrogen) atoms. The van der Waals surface area contributed by atoms with Crippen LogP contribution in [0.1, 0.15) is 10.5 Å². The van der Waals surface area contributed by atoms with Gasteiger partial charge in [-0.05, 0) is 24.3 Å². The van der Waals surface area contributed by atoms with Crippen LogP contribution in [0.15, 0.2) is 60.8 Å². The minimum absolute atomic E-state index is 0.157. The first-order valence-electron chi connectivity index (χ1n) is 8.42. The van der Waals surface area contributed by atoms with Crippen LogP contribution in [0.25, 0.3) is 5.69 Å².